The maximum atomic E-state index is 12.3. The van der Waals surface area contributed by atoms with Crippen molar-refractivity contribution in [3.8, 4) is 0 Å². The highest BCUT2D eigenvalue weighted by atomic mass is 32.2. The van der Waals surface area contributed by atoms with Crippen molar-refractivity contribution in [1.29, 1.82) is 0 Å². The van der Waals surface area contributed by atoms with E-state index in [0.29, 0.717) is 5.56 Å². The van der Waals surface area contributed by atoms with Crippen molar-refractivity contribution in [2.75, 3.05) is 13.1 Å². The summed E-state index contributed by atoms with van der Waals surface area (Å²) in [6.07, 6.45) is 1.98. The predicted molar refractivity (Wildman–Crippen MR) is 76.8 cm³/mol. The highest BCUT2D eigenvalue weighted by molar-refractivity contribution is 7.89. The van der Waals surface area contributed by atoms with Crippen LogP contribution in [0.5, 0.6) is 0 Å². The average Bonchev–Trinajstić information content (AvgIpc) is 2.91. The van der Waals surface area contributed by atoms with Crippen LogP contribution in [0.15, 0.2) is 29.2 Å². The van der Waals surface area contributed by atoms with E-state index in [0.717, 1.165) is 25.9 Å². The van der Waals surface area contributed by atoms with Crippen molar-refractivity contribution in [3.63, 3.8) is 0 Å². The van der Waals surface area contributed by atoms with Gasteiger partial charge in [0, 0.05) is 13.1 Å². The molecule has 1 N–H and O–H groups in total. The van der Waals surface area contributed by atoms with E-state index in [-0.39, 0.29) is 10.8 Å². The van der Waals surface area contributed by atoms with E-state index in [4.69, 9.17) is 0 Å². The third-order valence-electron chi connectivity index (χ3n) is 3.50. The van der Waals surface area contributed by atoms with E-state index in [1.165, 1.54) is 0 Å². The first kappa shape index (κ1) is 15.0. The van der Waals surface area contributed by atoms with Crippen LogP contribution in [0.3, 0.4) is 0 Å². The fraction of sp³-hybridized carbons (Fsp3) is 0.500. The summed E-state index contributed by atoms with van der Waals surface area (Å²) in [6, 6.07) is 6.01. The second kappa shape index (κ2) is 5.93. The Balaban J connectivity index is 2.12. The lowest BCUT2D eigenvalue weighted by molar-refractivity contribution is -0.131. The predicted octanol–water partition coefficient (Wildman–Crippen LogP) is 1.28. The number of sulfonamides is 1. The summed E-state index contributed by atoms with van der Waals surface area (Å²) in [6.45, 7) is 4.77. The zero-order valence-corrected chi connectivity index (χ0v) is 12.6. The van der Waals surface area contributed by atoms with Crippen molar-refractivity contribution < 1.29 is 13.2 Å². The molecule has 1 fully saturated rings. The SMILES string of the molecule is Cc1ccccc1S(=O)(=O)N[C@@H](C)C(=O)N1CCCC1. The number of carbonyl (C=O) groups is 1. The highest BCUT2D eigenvalue weighted by Gasteiger charge is 2.27. The van der Waals surface area contributed by atoms with Gasteiger partial charge in [0.2, 0.25) is 15.9 Å². The van der Waals surface area contributed by atoms with E-state index in [9.17, 15) is 13.2 Å². The molecular formula is C14H20N2O3S. The molecule has 1 atom stereocenters. The van der Waals surface area contributed by atoms with Crippen LogP contribution in [-0.4, -0.2) is 38.4 Å². The first-order chi connectivity index (χ1) is 9.42. The average molecular weight is 296 g/mol. The minimum absolute atomic E-state index is 0.153. The molecule has 1 aliphatic heterocycles. The lowest BCUT2D eigenvalue weighted by atomic mass is 10.2. The van der Waals surface area contributed by atoms with Gasteiger partial charge in [-0.3, -0.25) is 4.79 Å². The molecule has 0 saturated carbocycles. The molecule has 110 valence electrons. The van der Waals surface area contributed by atoms with E-state index >= 15 is 0 Å². The van der Waals surface area contributed by atoms with Gasteiger partial charge in [0.05, 0.1) is 10.9 Å². The molecule has 5 nitrogen and oxygen atoms in total. The Morgan fingerprint density at radius 1 is 1.25 bits per heavy atom. The molecule has 1 amide bonds. The van der Waals surface area contributed by atoms with E-state index in [1.54, 1.807) is 43.0 Å². The Hall–Kier alpha value is -1.40. The summed E-state index contributed by atoms with van der Waals surface area (Å²) in [5.74, 6) is -0.153. The number of amides is 1. The minimum Gasteiger partial charge on any atom is -0.341 e. The fourth-order valence-corrected chi connectivity index (χ4v) is 3.86. The van der Waals surface area contributed by atoms with Crippen LogP contribution in [0.4, 0.5) is 0 Å². The zero-order chi connectivity index (χ0) is 14.8. The number of likely N-dealkylation sites (tertiary alicyclic amines) is 1. The maximum absolute atomic E-state index is 12.3. The number of aryl methyl sites for hydroxylation is 1. The van der Waals surface area contributed by atoms with Crippen LogP contribution in [0.25, 0.3) is 0 Å². The third-order valence-corrected chi connectivity index (χ3v) is 5.20. The van der Waals surface area contributed by atoms with Crippen molar-refractivity contribution in [1.82, 2.24) is 9.62 Å². The lowest BCUT2D eigenvalue weighted by Crippen LogP contribution is -2.45. The number of rotatable bonds is 4. The molecule has 0 aliphatic carbocycles. The van der Waals surface area contributed by atoms with Crippen molar-refractivity contribution >= 4 is 15.9 Å². The van der Waals surface area contributed by atoms with Gasteiger partial charge in [-0.25, -0.2) is 8.42 Å². The van der Waals surface area contributed by atoms with Crippen molar-refractivity contribution in [2.45, 2.75) is 37.6 Å². The molecular weight excluding hydrogens is 276 g/mol. The van der Waals surface area contributed by atoms with Gasteiger partial charge in [-0.2, -0.15) is 4.72 Å². The maximum Gasteiger partial charge on any atom is 0.241 e. The van der Waals surface area contributed by atoms with Gasteiger partial charge in [-0.15, -0.1) is 0 Å². The Morgan fingerprint density at radius 2 is 1.85 bits per heavy atom. The van der Waals surface area contributed by atoms with Crippen LogP contribution in [0.2, 0.25) is 0 Å². The molecule has 1 aliphatic rings. The quantitative estimate of drug-likeness (QED) is 0.910. The van der Waals surface area contributed by atoms with Gasteiger partial charge in [0.1, 0.15) is 0 Å². The molecule has 1 aromatic rings. The molecule has 2 rings (SSSR count). The van der Waals surface area contributed by atoms with E-state index in [2.05, 4.69) is 4.72 Å². The molecule has 0 spiro atoms. The Bertz CT molecular complexity index is 592. The molecule has 0 radical (unpaired) electrons. The largest absolute Gasteiger partial charge is 0.341 e. The van der Waals surface area contributed by atoms with Crippen molar-refractivity contribution in [2.24, 2.45) is 0 Å². The lowest BCUT2D eigenvalue weighted by Gasteiger charge is -2.21. The summed E-state index contributed by atoms with van der Waals surface area (Å²) < 4.78 is 27.1. The number of benzene rings is 1. The van der Waals surface area contributed by atoms with Crippen LogP contribution >= 0.6 is 0 Å². The Morgan fingerprint density at radius 3 is 2.45 bits per heavy atom. The fourth-order valence-electron chi connectivity index (χ4n) is 2.42. The van der Waals surface area contributed by atoms with Crippen LogP contribution < -0.4 is 4.72 Å². The Kier molecular flexibility index (Phi) is 4.45. The smallest absolute Gasteiger partial charge is 0.241 e. The second-order valence-corrected chi connectivity index (χ2v) is 6.82. The van der Waals surface area contributed by atoms with Crippen LogP contribution in [-0.2, 0) is 14.8 Å². The molecule has 20 heavy (non-hydrogen) atoms. The minimum atomic E-state index is -3.66. The number of carbonyl (C=O) groups excluding carboxylic acids is 1. The first-order valence-corrected chi connectivity index (χ1v) is 8.27. The summed E-state index contributed by atoms with van der Waals surface area (Å²) in [4.78, 5) is 14.1. The summed E-state index contributed by atoms with van der Waals surface area (Å²) in [5, 5.41) is 0. The summed E-state index contributed by atoms with van der Waals surface area (Å²) in [5.41, 5.74) is 0.667. The number of hydrogen-bond donors (Lipinski definition) is 1. The Labute approximate surface area is 120 Å². The van der Waals surface area contributed by atoms with Gasteiger partial charge in [-0.1, -0.05) is 18.2 Å². The molecule has 1 aromatic carbocycles. The molecule has 1 saturated heterocycles. The topological polar surface area (TPSA) is 66.5 Å². The summed E-state index contributed by atoms with van der Waals surface area (Å²) in [7, 11) is -3.66. The van der Waals surface area contributed by atoms with E-state index < -0.39 is 16.1 Å². The molecule has 0 bridgehead atoms. The highest BCUT2D eigenvalue weighted by Crippen LogP contribution is 2.15. The van der Waals surface area contributed by atoms with Gasteiger partial charge in [-0.05, 0) is 38.3 Å². The third kappa shape index (κ3) is 3.19. The van der Waals surface area contributed by atoms with Gasteiger partial charge < -0.3 is 4.90 Å². The zero-order valence-electron chi connectivity index (χ0n) is 11.8. The monoisotopic (exact) mass is 296 g/mol. The number of nitrogens with one attached hydrogen (secondary N) is 1. The first-order valence-electron chi connectivity index (χ1n) is 6.78. The van der Waals surface area contributed by atoms with Crippen LogP contribution in [0.1, 0.15) is 25.3 Å². The summed E-state index contributed by atoms with van der Waals surface area (Å²) >= 11 is 0. The van der Waals surface area contributed by atoms with E-state index in [1.807, 2.05) is 0 Å². The number of hydrogen-bond acceptors (Lipinski definition) is 3. The normalized spacial score (nSPS) is 17.2. The molecule has 6 heteroatoms. The second-order valence-electron chi connectivity index (χ2n) is 5.14. The van der Waals surface area contributed by atoms with Crippen molar-refractivity contribution in [3.05, 3.63) is 29.8 Å². The molecule has 0 unspecified atom stereocenters. The van der Waals surface area contributed by atoms with Gasteiger partial charge in [0.25, 0.3) is 0 Å². The standard InChI is InChI=1S/C14H20N2O3S/c1-11-7-3-4-8-13(11)20(18,19)15-12(2)14(17)16-9-5-6-10-16/h3-4,7-8,12,15H,5-6,9-10H2,1-2H3/t12-/m0/s1. The molecule has 0 aromatic heterocycles. The molecule has 1 heterocycles. The van der Waals surface area contributed by atoms with Crippen LogP contribution in [0, 0.1) is 6.92 Å². The van der Waals surface area contributed by atoms with Gasteiger partial charge >= 0.3 is 0 Å². The van der Waals surface area contributed by atoms with Gasteiger partial charge in [0.15, 0.2) is 0 Å². The number of nitrogens with zero attached hydrogens (tertiary/aromatic N) is 1.